The molecule has 0 bridgehead atoms. The molecule has 0 fully saturated rings. The average molecular weight is 349 g/mol. The quantitative estimate of drug-likeness (QED) is 0.709. The number of anilines is 1. The van der Waals surface area contributed by atoms with Gasteiger partial charge in [0.05, 0.1) is 6.42 Å². The van der Waals surface area contributed by atoms with E-state index in [4.69, 9.17) is 4.42 Å². The van der Waals surface area contributed by atoms with E-state index in [2.05, 4.69) is 21.6 Å². The highest BCUT2D eigenvalue weighted by Crippen LogP contribution is 2.16. The summed E-state index contributed by atoms with van der Waals surface area (Å²) in [4.78, 5) is 23.5. The van der Waals surface area contributed by atoms with E-state index < -0.39 is 0 Å². The molecule has 0 atom stereocenters. The summed E-state index contributed by atoms with van der Waals surface area (Å²) >= 11 is 0. The topological polar surface area (TPSA) is 85.1 Å². The van der Waals surface area contributed by atoms with Crippen LogP contribution in [0.15, 0.2) is 46.9 Å². The van der Waals surface area contributed by atoms with E-state index in [1.807, 2.05) is 26.0 Å². The molecular weight excluding hydrogens is 330 g/mol. The second-order valence-corrected chi connectivity index (χ2v) is 6.20. The first-order valence-electron chi connectivity index (χ1n) is 8.23. The number of carbonyl (C=O) groups is 2. The van der Waals surface area contributed by atoms with Crippen LogP contribution in [0.2, 0.25) is 0 Å². The Kier molecular flexibility index (Phi) is 4.93. The predicted octanol–water partition coefficient (Wildman–Crippen LogP) is 3.73. The van der Waals surface area contributed by atoms with Gasteiger partial charge in [0, 0.05) is 11.1 Å². The molecule has 0 aliphatic heterocycles. The Morgan fingerprint density at radius 3 is 2.35 bits per heavy atom. The SMILES string of the molecule is CC(=O)c1ccc(C(=O)Nc2nnc(Cc3ccc(C)cc3C)o2)cc1. The van der Waals surface area contributed by atoms with Gasteiger partial charge in [0.25, 0.3) is 5.91 Å². The molecule has 0 saturated heterocycles. The van der Waals surface area contributed by atoms with Crippen molar-refractivity contribution in [2.24, 2.45) is 0 Å². The minimum atomic E-state index is -0.373. The minimum Gasteiger partial charge on any atom is -0.407 e. The van der Waals surface area contributed by atoms with Gasteiger partial charge in [0.2, 0.25) is 5.89 Å². The first kappa shape index (κ1) is 17.5. The number of aryl methyl sites for hydroxylation is 2. The number of ketones is 1. The fourth-order valence-corrected chi connectivity index (χ4v) is 2.61. The predicted molar refractivity (Wildman–Crippen MR) is 97.4 cm³/mol. The Hall–Kier alpha value is -3.28. The zero-order valence-electron chi connectivity index (χ0n) is 14.9. The smallest absolute Gasteiger partial charge is 0.322 e. The Morgan fingerprint density at radius 1 is 1.00 bits per heavy atom. The van der Waals surface area contributed by atoms with Gasteiger partial charge in [-0.1, -0.05) is 41.0 Å². The van der Waals surface area contributed by atoms with Crippen LogP contribution in [0.5, 0.6) is 0 Å². The third-order valence-electron chi connectivity index (χ3n) is 4.08. The number of hydrogen-bond donors (Lipinski definition) is 1. The molecule has 0 radical (unpaired) electrons. The van der Waals surface area contributed by atoms with Gasteiger partial charge >= 0.3 is 6.01 Å². The number of carbonyl (C=O) groups excluding carboxylic acids is 2. The van der Waals surface area contributed by atoms with E-state index in [-0.39, 0.29) is 17.7 Å². The molecule has 6 heteroatoms. The molecule has 0 aliphatic rings. The summed E-state index contributed by atoms with van der Waals surface area (Å²) in [5.74, 6) is 0.00546. The number of nitrogens with one attached hydrogen (secondary N) is 1. The molecule has 1 amide bonds. The number of benzene rings is 2. The molecule has 0 spiro atoms. The molecule has 0 aliphatic carbocycles. The van der Waals surface area contributed by atoms with Gasteiger partial charge in [-0.15, -0.1) is 5.10 Å². The zero-order valence-corrected chi connectivity index (χ0v) is 14.9. The van der Waals surface area contributed by atoms with Crippen LogP contribution in [0.25, 0.3) is 0 Å². The van der Waals surface area contributed by atoms with Crippen molar-refractivity contribution in [3.05, 3.63) is 76.2 Å². The Morgan fingerprint density at radius 2 is 1.69 bits per heavy atom. The van der Waals surface area contributed by atoms with Gasteiger partial charge < -0.3 is 4.42 Å². The van der Waals surface area contributed by atoms with Crippen LogP contribution in [0.4, 0.5) is 6.01 Å². The van der Waals surface area contributed by atoms with Crippen molar-refractivity contribution < 1.29 is 14.0 Å². The number of hydrogen-bond acceptors (Lipinski definition) is 5. The van der Waals surface area contributed by atoms with Gasteiger partial charge in [-0.25, -0.2) is 0 Å². The van der Waals surface area contributed by atoms with E-state index in [9.17, 15) is 9.59 Å². The Labute approximate surface area is 151 Å². The lowest BCUT2D eigenvalue weighted by molar-refractivity contribution is 0.100. The van der Waals surface area contributed by atoms with Crippen molar-refractivity contribution >= 4 is 17.7 Å². The van der Waals surface area contributed by atoms with Gasteiger partial charge in [-0.05, 0) is 44.0 Å². The Bertz CT molecular complexity index is 959. The maximum atomic E-state index is 12.2. The van der Waals surface area contributed by atoms with Crippen LogP contribution in [0.3, 0.4) is 0 Å². The normalized spacial score (nSPS) is 10.6. The molecule has 1 N–H and O–H groups in total. The van der Waals surface area contributed by atoms with Crippen molar-refractivity contribution in [2.75, 3.05) is 5.32 Å². The number of Topliss-reactive ketones (excluding diaryl/α,β-unsaturated/α-hetero) is 1. The lowest BCUT2D eigenvalue weighted by atomic mass is 10.0. The lowest BCUT2D eigenvalue weighted by Gasteiger charge is -2.04. The molecule has 3 aromatic rings. The fourth-order valence-electron chi connectivity index (χ4n) is 2.61. The average Bonchev–Trinajstić information content (AvgIpc) is 3.04. The maximum absolute atomic E-state index is 12.2. The fraction of sp³-hybridized carbons (Fsp3) is 0.200. The van der Waals surface area contributed by atoms with E-state index in [1.54, 1.807) is 24.3 Å². The van der Waals surface area contributed by atoms with Gasteiger partial charge in [-0.3, -0.25) is 14.9 Å². The van der Waals surface area contributed by atoms with Crippen LogP contribution in [0, 0.1) is 13.8 Å². The summed E-state index contributed by atoms with van der Waals surface area (Å²) in [6.07, 6.45) is 0.502. The van der Waals surface area contributed by atoms with Crippen molar-refractivity contribution in [1.82, 2.24) is 10.2 Å². The number of amides is 1. The Balaban J connectivity index is 1.67. The molecule has 132 valence electrons. The highest BCUT2D eigenvalue weighted by atomic mass is 16.4. The molecule has 3 rings (SSSR count). The van der Waals surface area contributed by atoms with E-state index in [1.165, 1.54) is 12.5 Å². The van der Waals surface area contributed by atoms with Crippen molar-refractivity contribution in [3.63, 3.8) is 0 Å². The standard InChI is InChI=1S/C20H19N3O3/c1-12-4-5-17(13(2)10-12)11-18-22-23-20(26-18)21-19(25)16-8-6-15(7-9-16)14(3)24/h4-10H,11H2,1-3H3,(H,21,23,25). The molecule has 2 aromatic carbocycles. The van der Waals surface area contributed by atoms with E-state index >= 15 is 0 Å². The molecule has 1 heterocycles. The molecule has 26 heavy (non-hydrogen) atoms. The summed E-state index contributed by atoms with van der Waals surface area (Å²) in [7, 11) is 0. The third-order valence-corrected chi connectivity index (χ3v) is 4.08. The number of rotatable bonds is 5. The van der Waals surface area contributed by atoms with Gasteiger partial charge in [0.15, 0.2) is 5.78 Å². The van der Waals surface area contributed by atoms with Crippen LogP contribution >= 0.6 is 0 Å². The van der Waals surface area contributed by atoms with Crippen molar-refractivity contribution in [2.45, 2.75) is 27.2 Å². The molecule has 1 aromatic heterocycles. The zero-order chi connectivity index (χ0) is 18.7. The van der Waals surface area contributed by atoms with Crippen LogP contribution in [0.1, 0.15) is 50.2 Å². The maximum Gasteiger partial charge on any atom is 0.322 e. The van der Waals surface area contributed by atoms with Gasteiger partial charge in [0.1, 0.15) is 0 Å². The molecule has 0 unspecified atom stereocenters. The molecule has 0 saturated carbocycles. The largest absolute Gasteiger partial charge is 0.407 e. The summed E-state index contributed by atoms with van der Waals surface area (Å²) in [5.41, 5.74) is 4.40. The van der Waals surface area contributed by atoms with Gasteiger partial charge in [-0.2, -0.15) is 0 Å². The highest BCUT2D eigenvalue weighted by molar-refractivity contribution is 6.04. The number of nitrogens with zero attached hydrogens (tertiary/aromatic N) is 2. The van der Waals surface area contributed by atoms with E-state index in [0.717, 1.165) is 11.1 Å². The summed E-state index contributed by atoms with van der Waals surface area (Å²) < 4.78 is 5.52. The monoisotopic (exact) mass is 349 g/mol. The molecule has 6 nitrogen and oxygen atoms in total. The summed E-state index contributed by atoms with van der Waals surface area (Å²) in [5, 5.41) is 10.4. The third kappa shape index (κ3) is 4.03. The van der Waals surface area contributed by atoms with Crippen LogP contribution in [-0.4, -0.2) is 21.9 Å². The van der Waals surface area contributed by atoms with E-state index in [0.29, 0.717) is 23.4 Å². The second kappa shape index (κ2) is 7.31. The first-order valence-corrected chi connectivity index (χ1v) is 8.23. The summed E-state index contributed by atoms with van der Waals surface area (Å²) in [6, 6.07) is 12.6. The van der Waals surface area contributed by atoms with Crippen molar-refractivity contribution in [3.8, 4) is 0 Å². The first-order chi connectivity index (χ1) is 12.4. The van der Waals surface area contributed by atoms with Crippen LogP contribution < -0.4 is 5.32 Å². The lowest BCUT2D eigenvalue weighted by Crippen LogP contribution is -2.12. The highest BCUT2D eigenvalue weighted by Gasteiger charge is 2.13. The van der Waals surface area contributed by atoms with Crippen LogP contribution in [-0.2, 0) is 6.42 Å². The van der Waals surface area contributed by atoms with Crippen molar-refractivity contribution in [1.29, 1.82) is 0 Å². The summed E-state index contributed by atoms with van der Waals surface area (Å²) in [6.45, 7) is 5.55. The molecular formula is C20H19N3O3. The number of aromatic nitrogens is 2. The second-order valence-electron chi connectivity index (χ2n) is 6.20. The minimum absolute atomic E-state index is 0.0467.